The molecule has 15 heavy (non-hydrogen) atoms. The van der Waals surface area contributed by atoms with E-state index >= 15 is 0 Å². The summed E-state index contributed by atoms with van der Waals surface area (Å²) >= 11 is 0. The van der Waals surface area contributed by atoms with Gasteiger partial charge in [0.25, 0.3) is 0 Å². The molecule has 0 spiro atoms. The largest absolute Gasteiger partial charge is 0.509 e. The molecule has 0 saturated heterocycles. The first-order valence-corrected chi connectivity index (χ1v) is 4.34. The average Bonchev–Trinajstić information content (AvgIpc) is 2.00. The van der Waals surface area contributed by atoms with Gasteiger partial charge in [0.1, 0.15) is 5.82 Å². The summed E-state index contributed by atoms with van der Waals surface area (Å²) in [7, 11) is 0. The van der Waals surface area contributed by atoms with Crippen molar-refractivity contribution < 1.29 is 22.4 Å². The summed E-state index contributed by atoms with van der Waals surface area (Å²) < 4.78 is 50.2. The number of rotatable bonds is 2. The number of hydrogen-bond acceptors (Lipinski definition) is 1. The molecule has 0 atom stereocenters. The number of hydrogen-bond donors (Lipinski definition) is 1. The van der Waals surface area contributed by atoms with Crippen LogP contribution in [0.4, 0.5) is 17.3 Å². The highest BCUT2D eigenvalue weighted by Crippen LogP contribution is 2.23. The van der Waals surface area contributed by atoms with Crippen molar-refractivity contribution in [2.24, 2.45) is 0 Å². The zero-order chi connectivity index (χ0) is 11.9. The van der Waals surface area contributed by atoms with Crippen LogP contribution in [0.3, 0.4) is 0 Å². The van der Waals surface area contributed by atoms with Gasteiger partial charge in [0.15, 0.2) is 0 Å². The summed E-state index contributed by atoms with van der Waals surface area (Å²) in [6, 6.07) is 2.04. The van der Waals surface area contributed by atoms with Crippen LogP contribution in [-0.2, 0) is 5.60 Å². The van der Waals surface area contributed by atoms with Crippen LogP contribution in [0.1, 0.15) is 19.4 Å². The Bertz CT molecular complexity index is 367. The van der Waals surface area contributed by atoms with Crippen LogP contribution in [0.15, 0.2) is 18.2 Å². The lowest BCUT2D eigenvalue weighted by atomic mass is 9.78. The molecule has 0 saturated carbocycles. The molecule has 6 heteroatoms. The summed E-state index contributed by atoms with van der Waals surface area (Å²) in [6.45, 7) is -2.70. The van der Waals surface area contributed by atoms with E-state index in [1.54, 1.807) is 0 Å². The molecule has 1 aromatic rings. The minimum atomic E-state index is -5.17. The van der Waals surface area contributed by atoms with Crippen LogP contribution in [0.25, 0.3) is 0 Å². The third-order valence-electron chi connectivity index (χ3n) is 2.03. The van der Waals surface area contributed by atoms with Crippen LogP contribution < -0.4 is 5.46 Å². The standard InChI is InChI=1S/C9H10BF4O/c1-9(2,15)7-5-6(10(12,13)14)3-4-8(7)11/h3-5,15H,1-2H3/q-1. The van der Waals surface area contributed by atoms with Gasteiger partial charge in [-0.2, -0.15) is 0 Å². The number of aliphatic hydroxyl groups is 1. The van der Waals surface area contributed by atoms with Gasteiger partial charge >= 0.3 is 6.98 Å². The molecule has 0 amide bonds. The van der Waals surface area contributed by atoms with E-state index in [4.69, 9.17) is 0 Å². The maximum absolute atomic E-state index is 13.1. The van der Waals surface area contributed by atoms with Gasteiger partial charge < -0.3 is 18.1 Å². The molecule has 0 aliphatic rings. The molecule has 1 N–H and O–H groups in total. The maximum Gasteiger partial charge on any atom is 0.509 e. The Morgan fingerprint density at radius 3 is 2.13 bits per heavy atom. The second-order valence-corrected chi connectivity index (χ2v) is 3.87. The average molecular weight is 221 g/mol. The smallest absolute Gasteiger partial charge is 0.445 e. The van der Waals surface area contributed by atoms with Crippen LogP contribution in [0.5, 0.6) is 0 Å². The van der Waals surface area contributed by atoms with Gasteiger partial charge in [-0.15, -0.1) is 5.46 Å². The third kappa shape index (κ3) is 2.71. The molecule has 0 unspecified atom stereocenters. The molecule has 1 aromatic carbocycles. The predicted octanol–water partition coefficient (Wildman–Crippen LogP) is 2.11. The van der Waals surface area contributed by atoms with Crippen molar-refractivity contribution in [3.63, 3.8) is 0 Å². The van der Waals surface area contributed by atoms with Crippen LogP contribution in [0.2, 0.25) is 0 Å². The van der Waals surface area contributed by atoms with E-state index in [-0.39, 0.29) is 5.56 Å². The van der Waals surface area contributed by atoms with E-state index < -0.39 is 23.9 Å². The summed E-state index contributed by atoms with van der Waals surface area (Å²) in [4.78, 5) is 0. The minimum Gasteiger partial charge on any atom is -0.445 e. The van der Waals surface area contributed by atoms with Crippen molar-refractivity contribution in [3.05, 3.63) is 29.6 Å². The maximum atomic E-state index is 13.1. The quantitative estimate of drug-likeness (QED) is 0.598. The lowest BCUT2D eigenvalue weighted by molar-refractivity contribution is 0.0746. The second-order valence-electron chi connectivity index (χ2n) is 3.87. The van der Waals surface area contributed by atoms with E-state index in [0.29, 0.717) is 12.1 Å². The Kier molecular flexibility index (Phi) is 2.82. The van der Waals surface area contributed by atoms with Crippen molar-refractivity contribution in [1.82, 2.24) is 0 Å². The highest BCUT2D eigenvalue weighted by Gasteiger charge is 2.29. The molecule has 0 fully saturated rings. The second kappa shape index (κ2) is 3.52. The molecular weight excluding hydrogens is 211 g/mol. The zero-order valence-corrected chi connectivity index (χ0v) is 8.27. The summed E-state index contributed by atoms with van der Waals surface area (Å²) in [5.41, 5.74) is -2.88. The van der Waals surface area contributed by atoms with Gasteiger partial charge in [-0.25, -0.2) is 4.39 Å². The van der Waals surface area contributed by atoms with E-state index in [2.05, 4.69) is 0 Å². The lowest BCUT2D eigenvalue weighted by Gasteiger charge is -2.22. The lowest BCUT2D eigenvalue weighted by Crippen LogP contribution is -2.35. The first kappa shape index (κ1) is 12.0. The fourth-order valence-corrected chi connectivity index (χ4v) is 1.22. The van der Waals surface area contributed by atoms with Crippen molar-refractivity contribution in [2.75, 3.05) is 0 Å². The fraction of sp³-hybridized carbons (Fsp3) is 0.333. The highest BCUT2D eigenvalue weighted by molar-refractivity contribution is 6.73. The van der Waals surface area contributed by atoms with Gasteiger partial charge in [-0.05, 0) is 19.9 Å². The third-order valence-corrected chi connectivity index (χ3v) is 2.03. The van der Waals surface area contributed by atoms with Crippen LogP contribution in [-0.4, -0.2) is 12.1 Å². The van der Waals surface area contributed by atoms with Crippen molar-refractivity contribution >= 4 is 12.4 Å². The zero-order valence-electron chi connectivity index (χ0n) is 8.27. The highest BCUT2D eigenvalue weighted by atomic mass is 19.4. The molecule has 1 nitrogen and oxygen atoms in total. The monoisotopic (exact) mass is 221 g/mol. The molecule has 1 rings (SSSR count). The summed E-state index contributed by atoms with van der Waals surface area (Å²) in [5, 5.41) is 9.46. The molecular formula is C9H10BF4O-. The molecule has 0 aliphatic heterocycles. The van der Waals surface area contributed by atoms with Gasteiger partial charge in [0.05, 0.1) is 5.60 Å². The van der Waals surface area contributed by atoms with Crippen LogP contribution in [0, 0.1) is 5.82 Å². The Balaban J connectivity index is 3.30. The van der Waals surface area contributed by atoms with E-state index in [1.807, 2.05) is 0 Å². The first-order chi connectivity index (χ1) is 6.62. The Labute approximate surface area is 84.8 Å². The number of benzene rings is 1. The Morgan fingerprint density at radius 2 is 1.73 bits per heavy atom. The molecule has 0 heterocycles. The SMILES string of the molecule is CC(C)(O)c1cc([B-](F)(F)F)ccc1F. The van der Waals surface area contributed by atoms with Gasteiger partial charge in [-0.1, -0.05) is 12.1 Å². The Morgan fingerprint density at radius 1 is 1.20 bits per heavy atom. The summed E-state index contributed by atoms with van der Waals surface area (Å²) in [5.74, 6) is -0.841. The van der Waals surface area contributed by atoms with Crippen LogP contribution >= 0.6 is 0 Å². The van der Waals surface area contributed by atoms with E-state index in [0.717, 1.165) is 6.07 Å². The number of halogens is 4. The van der Waals surface area contributed by atoms with Crippen molar-refractivity contribution in [1.29, 1.82) is 0 Å². The van der Waals surface area contributed by atoms with Gasteiger partial charge in [-0.3, -0.25) is 0 Å². The topological polar surface area (TPSA) is 20.2 Å². The molecule has 0 radical (unpaired) electrons. The van der Waals surface area contributed by atoms with E-state index in [1.165, 1.54) is 13.8 Å². The van der Waals surface area contributed by atoms with Gasteiger partial charge in [0, 0.05) is 5.56 Å². The van der Waals surface area contributed by atoms with E-state index in [9.17, 15) is 22.4 Å². The Hall–Kier alpha value is -1.04. The van der Waals surface area contributed by atoms with Crippen molar-refractivity contribution in [2.45, 2.75) is 19.4 Å². The normalized spacial score (nSPS) is 13.0. The molecule has 0 bridgehead atoms. The molecule has 84 valence electrons. The minimum absolute atomic E-state index is 0.348. The first-order valence-electron chi connectivity index (χ1n) is 4.34. The van der Waals surface area contributed by atoms with Crippen molar-refractivity contribution in [3.8, 4) is 0 Å². The molecule has 0 aromatic heterocycles. The predicted molar refractivity (Wildman–Crippen MR) is 50.4 cm³/mol. The molecule has 0 aliphatic carbocycles. The summed E-state index contributed by atoms with van der Waals surface area (Å²) in [6.07, 6.45) is 0. The fourth-order valence-electron chi connectivity index (χ4n) is 1.22. The van der Waals surface area contributed by atoms with Gasteiger partial charge in [0.2, 0.25) is 0 Å².